The summed E-state index contributed by atoms with van der Waals surface area (Å²) in [6, 6.07) is 7.68. The number of halogens is 4. The Kier molecular flexibility index (Phi) is 8.00. The number of rotatable bonds is 5. The number of hydrogen-bond acceptors (Lipinski definition) is 2. The van der Waals surface area contributed by atoms with E-state index in [0.29, 0.717) is 0 Å². The Morgan fingerprint density at radius 3 is 2.45 bits per heavy atom. The lowest BCUT2D eigenvalue weighted by molar-refractivity contribution is -0.119. The van der Waals surface area contributed by atoms with Gasteiger partial charge in [0.15, 0.2) is 5.11 Å². The van der Waals surface area contributed by atoms with Gasteiger partial charge >= 0.3 is 0 Å². The number of carbonyl (C=O) groups is 1. The molecule has 0 spiro atoms. The van der Waals surface area contributed by atoms with Gasteiger partial charge in [0.2, 0.25) is 9.70 Å². The van der Waals surface area contributed by atoms with Gasteiger partial charge in [-0.3, -0.25) is 4.79 Å². The van der Waals surface area contributed by atoms with Crippen molar-refractivity contribution in [3.63, 3.8) is 0 Å². The van der Waals surface area contributed by atoms with Gasteiger partial charge in [-0.15, -0.1) is 11.6 Å². The Hall–Kier alpha value is -0.460. The zero-order chi connectivity index (χ0) is 16.8. The molecule has 0 radical (unpaired) electrons. The van der Waals surface area contributed by atoms with E-state index in [9.17, 15) is 4.79 Å². The number of para-hydroxylation sites is 1. The Labute approximate surface area is 154 Å². The molecule has 122 valence electrons. The average molecular weight is 403 g/mol. The van der Waals surface area contributed by atoms with Crippen molar-refractivity contribution in [2.24, 2.45) is 0 Å². The third-order valence-corrected chi connectivity index (χ3v) is 3.79. The van der Waals surface area contributed by atoms with Crippen LogP contribution in [0.4, 0.5) is 5.69 Å². The van der Waals surface area contributed by atoms with Gasteiger partial charge in [-0.1, -0.05) is 59.9 Å². The van der Waals surface area contributed by atoms with E-state index in [2.05, 4.69) is 16.0 Å². The van der Waals surface area contributed by atoms with Crippen LogP contribution >= 0.6 is 58.6 Å². The number of hydrogen-bond donors (Lipinski definition) is 3. The second-order valence-corrected chi connectivity index (χ2v) is 7.33. The lowest BCUT2D eigenvalue weighted by Crippen LogP contribution is -2.56. The molecule has 0 aliphatic carbocycles. The number of nitrogens with one attached hydrogen (secondary N) is 3. The van der Waals surface area contributed by atoms with Gasteiger partial charge in [0, 0.05) is 5.69 Å². The summed E-state index contributed by atoms with van der Waals surface area (Å²) in [4.78, 5) is 11.4. The van der Waals surface area contributed by atoms with E-state index in [1.165, 1.54) is 0 Å². The monoisotopic (exact) mass is 401 g/mol. The van der Waals surface area contributed by atoms with E-state index in [0.717, 1.165) is 17.7 Å². The Bertz CT molecular complexity index is 536. The first-order chi connectivity index (χ1) is 10.3. The van der Waals surface area contributed by atoms with Crippen LogP contribution < -0.4 is 16.0 Å². The fourth-order valence-corrected chi connectivity index (χ4v) is 2.27. The largest absolute Gasteiger partial charge is 0.339 e. The fourth-order valence-electron chi connectivity index (χ4n) is 1.64. The molecule has 1 atom stereocenters. The zero-order valence-corrected chi connectivity index (χ0v) is 15.5. The first-order valence-electron chi connectivity index (χ1n) is 6.35. The molecule has 1 amide bonds. The third kappa shape index (κ3) is 6.34. The minimum Gasteiger partial charge on any atom is -0.339 e. The molecule has 22 heavy (non-hydrogen) atoms. The van der Waals surface area contributed by atoms with Crippen molar-refractivity contribution in [1.29, 1.82) is 0 Å². The van der Waals surface area contributed by atoms with E-state index in [1.54, 1.807) is 0 Å². The molecule has 0 aromatic heterocycles. The maximum Gasteiger partial charge on any atom is 0.236 e. The van der Waals surface area contributed by atoms with Gasteiger partial charge in [0.1, 0.15) is 12.0 Å². The van der Waals surface area contributed by atoms with Gasteiger partial charge in [0.05, 0.1) is 0 Å². The molecule has 0 saturated heterocycles. The number of aryl methyl sites for hydroxylation is 1. The molecule has 3 N–H and O–H groups in total. The van der Waals surface area contributed by atoms with E-state index < -0.39 is 15.9 Å². The SMILES string of the molecule is CCc1ccccc1NC(=S)NC(NC(=O)CCl)C(Cl)(Cl)Cl. The summed E-state index contributed by atoms with van der Waals surface area (Å²) < 4.78 is -1.79. The molecule has 0 bridgehead atoms. The summed E-state index contributed by atoms with van der Waals surface area (Å²) in [5, 5.41) is 8.43. The highest BCUT2D eigenvalue weighted by Crippen LogP contribution is 2.29. The molecular weight excluding hydrogens is 388 g/mol. The third-order valence-electron chi connectivity index (χ3n) is 2.68. The number of anilines is 1. The van der Waals surface area contributed by atoms with Crippen LogP contribution in [-0.2, 0) is 11.2 Å². The van der Waals surface area contributed by atoms with Crippen molar-refractivity contribution in [3.05, 3.63) is 29.8 Å². The average Bonchev–Trinajstić information content (AvgIpc) is 2.45. The highest BCUT2D eigenvalue weighted by molar-refractivity contribution is 7.80. The Morgan fingerprint density at radius 2 is 1.91 bits per heavy atom. The molecule has 1 aromatic rings. The van der Waals surface area contributed by atoms with Crippen LogP contribution in [0.15, 0.2) is 24.3 Å². The van der Waals surface area contributed by atoms with Crippen molar-refractivity contribution in [2.75, 3.05) is 11.2 Å². The number of amides is 1. The summed E-state index contributed by atoms with van der Waals surface area (Å²) >= 11 is 28.1. The Balaban J connectivity index is 2.77. The quantitative estimate of drug-likeness (QED) is 0.400. The molecule has 0 aliphatic rings. The standard InChI is InChI=1S/C13H15Cl4N3OS/c1-2-8-5-3-4-6-9(8)18-12(22)20-11(13(15,16)17)19-10(21)7-14/h3-6,11H,2,7H2,1H3,(H,19,21)(H2,18,20,22). The number of thiocarbonyl (C=S) groups is 1. The van der Waals surface area contributed by atoms with E-state index in [-0.39, 0.29) is 11.0 Å². The Morgan fingerprint density at radius 1 is 1.27 bits per heavy atom. The maximum atomic E-state index is 11.4. The van der Waals surface area contributed by atoms with Crippen molar-refractivity contribution in [1.82, 2.24) is 10.6 Å². The molecule has 1 aromatic carbocycles. The van der Waals surface area contributed by atoms with E-state index >= 15 is 0 Å². The minimum absolute atomic E-state index is 0.215. The van der Waals surface area contributed by atoms with Crippen LogP contribution in [0, 0.1) is 0 Å². The zero-order valence-electron chi connectivity index (χ0n) is 11.6. The van der Waals surface area contributed by atoms with Gasteiger partial charge in [-0.2, -0.15) is 0 Å². The van der Waals surface area contributed by atoms with Crippen LogP contribution in [0.2, 0.25) is 0 Å². The molecule has 1 rings (SSSR count). The van der Waals surface area contributed by atoms with Gasteiger partial charge < -0.3 is 16.0 Å². The first kappa shape index (κ1) is 19.6. The molecule has 4 nitrogen and oxygen atoms in total. The molecule has 0 fully saturated rings. The van der Waals surface area contributed by atoms with Crippen LogP contribution in [-0.4, -0.2) is 26.9 Å². The second-order valence-electron chi connectivity index (χ2n) is 4.28. The molecule has 0 heterocycles. The fraction of sp³-hybridized carbons (Fsp3) is 0.385. The lowest BCUT2D eigenvalue weighted by atomic mass is 10.1. The predicted octanol–water partition coefficient (Wildman–Crippen LogP) is 3.59. The van der Waals surface area contributed by atoms with Gasteiger partial charge in [-0.05, 0) is 30.3 Å². The van der Waals surface area contributed by atoms with E-state index in [1.807, 2.05) is 31.2 Å². The van der Waals surface area contributed by atoms with Crippen molar-refractivity contribution < 1.29 is 4.79 Å². The van der Waals surface area contributed by atoms with E-state index in [4.69, 9.17) is 58.6 Å². The summed E-state index contributed by atoms with van der Waals surface area (Å²) in [6.07, 6.45) is -0.180. The summed E-state index contributed by atoms with van der Waals surface area (Å²) in [5.74, 6) is -0.736. The molecule has 1 unspecified atom stereocenters. The summed E-state index contributed by atoms with van der Waals surface area (Å²) in [7, 11) is 0. The number of alkyl halides is 4. The van der Waals surface area contributed by atoms with Crippen LogP contribution in [0.1, 0.15) is 12.5 Å². The first-order valence-corrected chi connectivity index (χ1v) is 8.43. The maximum absolute atomic E-state index is 11.4. The normalized spacial score (nSPS) is 12.4. The summed E-state index contributed by atoms with van der Waals surface area (Å²) in [6.45, 7) is 2.03. The molecule has 9 heteroatoms. The predicted molar refractivity (Wildman–Crippen MR) is 98.1 cm³/mol. The van der Waals surface area contributed by atoms with Gasteiger partial charge in [-0.25, -0.2) is 0 Å². The summed E-state index contributed by atoms with van der Waals surface area (Å²) in [5.41, 5.74) is 1.93. The number of benzene rings is 1. The van der Waals surface area contributed by atoms with Crippen LogP contribution in [0.25, 0.3) is 0 Å². The number of carbonyl (C=O) groups excluding carboxylic acids is 1. The smallest absolute Gasteiger partial charge is 0.236 e. The highest BCUT2D eigenvalue weighted by atomic mass is 35.6. The van der Waals surface area contributed by atoms with Crippen molar-refractivity contribution in [3.8, 4) is 0 Å². The van der Waals surface area contributed by atoms with Crippen molar-refractivity contribution >= 4 is 75.3 Å². The van der Waals surface area contributed by atoms with Crippen LogP contribution in [0.5, 0.6) is 0 Å². The lowest BCUT2D eigenvalue weighted by Gasteiger charge is -2.27. The topological polar surface area (TPSA) is 53.2 Å². The van der Waals surface area contributed by atoms with Gasteiger partial charge in [0.25, 0.3) is 0 Å². The van der Waals surface area contributed by atoms with Crippen LogP contribution in [0.3, 0.4) is 0 Å². The minimum atomic E-state index is -1.79. The molecular formula is C13H15Cl4N3OS. The van der Waals surface area contributed by atoms with Crippen molar-refractivity contribution in [2.45, 2.75) is 23.3 Å². The molecule has 0 saturated carbocycles. The molecule has 0 aliphatic heterocycles. The highest BCUT2D eigenvalue weighted by Gasteiger charge is 2.34. The second kappa shape index (κ2) is 8.99.